The van der Waals surface area contributed by atoms with Gasteiger partial charge < -0.3 is 10.2 Å². The lowest BCUT2D eigenvalue weighted by molar-refractivity contribution is 0.620. The van der Waals surface area contributed by atoms with Gasteiger partial charge in [0, 0.05) is 5.69 Å². The fraction of sp³-hybridized carbons (Fsp3) is 0.235. The highest BCUT2D eigenvalue weighted by atomic mass is 16.3. The Labute approximate surface area is 118 Å². The van der Waals surface area contributed by atoms with Crippen molar-refractivity contribution in [1.29, 1.82) is 0 Å². The third-order valence-electron chi connectivity index (χ3n) is 3.62. The maximum Gasteiger partial charge on any atom is 0.229 e. The Balaban J connectivity index is 2.20. The van der Waals surface area contributed by atoms with Crippen molar-refractivity contribution < 1.29 is 4.42 Å². The summed E-state index contributed by atoms with van der Waals surface area (Å²) >= 11 is 0. The fourth-order valence-electron chi connectivity index (χ4n) is 2.46. The second-order valence-corrected chi connectivity index (χ2v) is 5.22. The normalized spacial score (nSPS) is 11.2. The topological polar surface area (TPSA) is 52.0 Å². The molecule has 0 unspecified atom stereocenters. The van der Waals surface area contributed by atoms with Gasteiger partial charge in [0.05, 0.1) is 5.56 Å². The zero-order chi connectivity index (χ0) is 14.3. The maximum atomic E-state index is 6.16. The summed E-state index contributed by atoms with van der Waals surface area (Å²) in [5.41, 5.74) is 12.9. The van der Waals surface area contributed by atoms with Crippen LogP contribution in [0.3, 0.4) is 0 Å². The molecule has 2 aromatic carbocycles. The van der Waals surface area contributed by atoms with E-state index in [1.807, 2.05) is 26.0 Å². The van der Waals surface area contributed by atoms with Crippen LogP contribution in [0.5, 0.6) is 0 Å². The predicted octanol–water partition coefficient (Wildman–Crippen LogP) is 4.26. The zero-order valence-electron chi connectivity index (χ0n) is 12.0. The standard InChI is InChI=1S/C17H18N2O/c1-4-12-5-6-15-14(9-12)19-17(20-15)13-8-10(2)7-11(3)16(13)18/h5-9H,4,18H2,1-3H3. The third-order valence-corrected chi connectivity index (χ3v) is 3.62. The van der Waals surface area contributed by atoms with Gasteiger partial charge in [-0.2, -0.15) is 0 Å². The van der Waals surface area contributed by atoms with E-state index < -0.39 is 0 Å². The Morgan fingerprint density at radius 1 is 1.15 bits per heavy atom. The molecule has 3 rings (SSSR count). The van der Waals surface area contributed by atoms with E-state index in [-0.39, 0.29) is 0 Å². The van der Waals surface area contributed by atoms with Crippen molar-refractivity contribution in [2.24, 2.45) is 0 Å². The molecule has 0 fully saturated rings. The van der Waals surface area contributed by atoms with Crippen molar-refractivity contribution in [3.8, 4) is 11.5 Å². The molecule has 0 amide bonds. The molecular weight excluding hydrogens is 248 g/mol. The van der Waals surface area contributed by atoms with E-state index >= 15 is 0 Å². The van der Waals surface area contributed by atoms with Crippen LogP contribution in [0.1, 0.15) is 23.6 Å². The second-order valence-electron chi connectivity index (χ2n) is 5.22. The molecule has 3 aromatic rings. The molecule has 1 aromatic heterocycles. The Hall–Kier alpha value is -2.29. The highest BCUT2D eigenvalue weighted by Gasteiger charge is 2.13. The fourth-order valence-corrected chi connectivity index (χ4v) is 2.46. The van der Waals surface area contributed by atoms with Crippen LogP contribution in [0.4, 0.5) is 5.69 Å². The Kier molecular flexibility index (Phi) is 2.97. The summed E-state index contributed by atoms with van der Waals surface area (Å²) in [7, 11) is 0. The van der Waals surface area contributed by atoms with Crippen molar-refractivity contribution in [2.75, 3.05) is 5.73 Å². The largest absolute Gasteiger partial charge is 0.436 e. The number of nitrogens with zero attached hydrogens (tertiary/aromatic N) is 1. The first-order valence-corrected chi connectivity index (χ1v) is 6.85. The average Bonchev–Trinajstić information content (AvgIpc) is 2.85. The number of oxazole rings is 1. The molecule has 0 aliphatic heterocycles. The van der Waals surface area contributed by atoms with Crippen LogP contribution in [-0.2, 0) is 6.42 Å². The average molecular weight is 266 g/mol. The SMILES string of the molecule is CCc1ccc2oc(-c3cc(C)cc(C)c3N)nc2c1. The number of hydrogen-bond acceptors (Lipinski definition) is 3. The summed E-state index contributed by atoms with van der Waals surface area (Å²) in [4.78, 5) is 4.59. The van der Waals surface area contributed by atoms with Gasteiger partial charge in [-0.05, 0) is 55.2 Å². The van der Waals surface area contributed by atoms with Crippen molar-refractivity contribution >= 4 is 16.8 Å². The van der Waals surface area contributed by atoms with E-state index in [1.54, 1.807) is 0 Å². The van der Waals surface area contributed by atoms with Gasteiger partial charge in [0.1, 0.15) is 5.52 Å². The lowest BCUT2D eigenvalue weighted by Gasteiger charge is -2.06. The first kappa shape index (κ1) is 12.7. The van der Waals surface area contributed by atoms with E-state index in [2.05, 4.69) is 30.1 Å². The zero-order valence-corrected chi connectivity index (χ0v) is 12.0. The summed E-state index contributed by atoms with van der Waals surface area (Å²) in [6.07, 6.45) is 0.990. The number of aromatic nitrogens is 1. The minimum Gasteiger partial charge on any atom is -0.436 e. The van der Waals surface area contributed by atoms with Gasteiger partial charge >= 0.3 is 0 Å². The number of anilines is 1. The first-order chi connectivity index (χ1) is 9.58. The Bertz CT molecular complexity index is 787. The highest BCUT2D eigenvalue weighted by Crippen LogP contribution is 2.31. The van der Waals surface area contributed by atoms with Crippen LogP contribution in [0.2, 0.25) is 0 Å². The smallest absolute Gasteiger partial charge is 0.229 e. The molecule has 1 heterocycles. The number of benzene rings is 2. The quantitative estimate of drug-likeness (QED) is 0.705. The number of fused-ring (bicyclic) bond motifs is 1. The molecule has 3 nitrogen and oxygen atoms in total. The molecule has 0 atom stereocenters. The molecule has 0 saturated heterocycles. The molecule has 0 saturated carbocycles. The van der Waals surface area contributed by atoms with Crippen molar-refractivity contribution in [2.45, 2.75) is 27.2 Å². The molecule has 0 aliphatic carbocycles. The third kappa shape index (κ3) is 2.05. The number of rotatable bonds is 2. The van der Waals surface area contributed by atoms with E-state index in [0.717, 1.165) is 39.9 Å². The lowest BCUT2D eigenvalue weighted by Crippen LogP contribution is -1.95. The van der Waals surface area contributed by atoms with Gasteiger partial charge in [0.2, 0.25) is 5.89 Å². The summed E-state index contributed by atoms with van der Waals surface area (Å²) in [6.45, 7) is 6.18. The molecule has 0 spiro atoms. The van der Waals surface area contributed by atoms with Crippen LogP contribution in [0.25, 0.3) is 22.6 Å². The van der Waals surface area contributed by atoms with Crippen LogP contribution < -0.4 is 5.73 Å². The molecule has 102 valence electrons. The number of nitrogens with two attached hydrogens (primary N) is 1. The lowest BCUT2D eigenvalue weighted by atomic mass is 10.0. The summed E-state index contributed by atoms with van der Waals surface area (Å²) < 4.78 is 5.85. The summed E-state index contributed by atoms with van der Waals surface area (Å²) in [6, 6.07) is 10.2. The molecule has 0 bridgehead atoms. The summed E-state index contributed by atoms with van der Waals surface area (Å²) in [5, 5.41) is 0. The van der Waals surface area contributed by atoms with Gasteiger partial charge in [-0.15, -0.1) is 0 Å². The van der Waals surface area contributed by atoms with E-state index in [9.17, 15) is 0 Å². The van der Waals surface area contributed by atoms with Gasteiger partial charge in [0.25, 0.3) is 0 Å². The van der Waals surface area contributed by atoms with Crippen molar-refractivity contribution in [3.63, 3.8) is 0 Å². The number of aryl methyl sites for hydroxylation is 3. The number of nitrogen functional groups attached to an aromatic ring is 1. The Morgan fingerprint density at radius 2 is 1.95 bits per heavy atom. The van der Waals surface area contributed by atoms with Crippen LogP contribution >= 0.6 is 0 Å². The molecule has 0 aliphatic rings. The first-order valence-electron chi connectivity index (χ1n) is 6.85. The predicted molar refractivity (Wildman–Crippen MR) is 82.7 cm³/mol. The van der Waals surface area contributed by atoms with E-state index in [1.165, 1.54) is 5.56 Å². The molecular formula is C17H18N2O. The van der Waals surface area contributed by atoms with E-state index in [4.69, 9.17) is 10.2 Å². The maximum absolute atomic E-state index is 6.16. The van der Waals surface area contributed by atoms with Crippen LogP contribution in [-0.4, -0.2) is 4.98 Å². The van der Waals surface area contributed by atoms with Crippen molar-refractivity contribution in [3.05, 3.63) is 47.0 Å². The highest BCUT2D eigenvalue weighted by molar-refractivity contribution is 5.81. The monoisotopic (exact) mass is 266 g/mol. The summed E-state index contributed by atoms with van der Waals surface area (Å²) in [5.74, 6) is 0.595. The van der Waals surface area contributed by atoms with Crippen LogP contribution in [0, 0.1) is 13.8 Å². The van der Waals surface area contributed by atoms with Gasteiger partial charge in [0.15, 0.2) is 5.58 Å². The number of hydrogen-bond donors (Lipinski definition) is 1. The van der Waals surface area contributed by atoms with E-state index in [0.29, 0.717) is 5.89 Å². The van der Waals surface area contributed by atoms with Gasteiger partial charge in [-0.1, -0.05) is 19.1 Å². The molecule has 3 heteroatoms. The minimum absolute atomic E-state index is 0.595. The minimum atomic E-state index is 0.595. The Morgan fingerprint density at radius 3 is 2.70 bits per heavy atom. The molecule has 0 radical (unpaired) electrons. The second kappa shape index (κ2) is 4.67. The van der Waals surface area contributed by atoms with Crippen molar-refractivity contribution in [1.82, 2.24) is 4.98 Å². The molecule has 20 heavy (non-hydrogen) atoms. The van der Waals surface area contributed by atoms with Crippen LogP contribution in [0.15, 0.2) is 34.7 Å². The van der Waals surface area contributed by atoms with Gasteiger partial charge in [-0.3, -0.25) is 0 Å². The molecule has 2 N–H and O–H groups in total. The van der Waals surface area contributed by atoms with Gasteiger partial charge in [-0.25, -0.2) is 4.98 Å².